The van der Waals surface area contributed by atoms with Gasteiger partial charge in [0.15, 0.2) is 0 Å². The van der Waals surface area contributed by atoms with Crippen LogP contribution < -0.4 is 10.6 Å². The first-order valence-electron chi connectivity index (χ1n) is 4.99. The molecule has 5 heteroatoms. The van der Waals surface area contributed by atoms with Crippen LogP contribution in [0.5, 0.6) is 0 Å². The van der Waals surface area contributed by atoms with Gasteiger partial charge in [0.2, 0.25) is 5.91 Å². The second kappa shape index (κ2) is 6.83. The fourth-order valence-corrected chi connectivity index (χ4v) is 2.61. The summed E-state index contributed by atoms with van der Waals surface area (Å²) in [7, 11) is 0. The van der Waals surface area contributed by atoms with Crippen molar-refractivity contribution >= 4 is 33.2 Å². The number of amides is 1. The van der Waals surface area contributed by atoms with Gasteiger partial charge in [0.05, 0.1) is 10.3 Å². The van der Waals surface area contributed by atoms with Crippen LogP contribution >= 0.6 is 27.3 Å². The van der Waals surface area contributed by atoms with Gasteiger partial charge in [-0.2, -0.15) is 0 Å². The van der Waals surface area contributed by atoms with Gasteiger partial charge in [-0.3, -0.25) is 4.79 Å². The van der Waals surface area contributed by atoms with Crippen molar-refractivity contribution in [3.63, 3.8) is 0 Å². The summed E-state index contributed by atoms with van der Waals surface area (Å²) >= 11 is 5.09. The number of rotatable bonds is 6. The first-order valence-corrected chi connectivity index (χ1v) is 6.60. The first-order chi connectivity index (χ1) is 7.63. The zero-order chi connectivity index (χ0) is 12.0. The van der Waals surface area contributed by atoms with Crippen molar-refractivity contribution in [2.75, 3.05) is 13.1 Å². The fourth-order valence-electron chi connectivity index (χ4n) is 1.16. The molecule has 0 aromatic carbocycles. The Hall–Kier alpha value is -0.650. The summed E-state index contributed by atoms with van der Waals surface area (Å²) in [6.45, 7) is 6.42. The average molecular weight is 303 g/mol. The van der Waals surface area contributed by atoms with Gasteiger partial charge in [-0.1, -0.05) is 6.08 Å². The van der Waals surface area contributed by atoms with Crippen molar-refractivity contribution in [3.8, 4) is 0 Å². The van der Waals surface area contributed by atoms with Crippen molar-refractivity contribution in [1.29, 1.82) is 0 Å². The molecule has 2 N–H and O–H groups in total. The largest absolute Gasteiger partial charge is 0.352 e. The Morgan fingerprint density at radius 3 is 3.00 bits per heavy atom. The fraction of sp³-hybridized carbons (Fsp3) is 0.364. The Kier molecular flexibility index (Phi) is 5.73. The van der Waals surface area contributed by atoms with E-state index in [1.54, 1.807) is 17.4 Å². The van der Waals surface area contributed by atoms with E-state index in [0.29, 0.717) is 13.1 Å². The van der Waals surface area contributed by atoms with E-state index in [-0.39, 0.29) is 11.9 Å². The summed E-state index contributed by atoms with van der Waals surface area (Å²) < 4.78 is 1.10. The standard InChI is InChI=1S/C11H15BrN2OS/c1-3-6-13-11(15)7-14-8(2)9-4-5-10(12)16-9/h3-5,8,14H,1,6-7H2,2H3,(H,13,15). The van der Waals surface area contributed by atoms with E-state index in [2.05, 4.69) is 33.1 Å². The Labute approximate surface area is 108 Å². The molecule has 0 fully saturated rings. The molecular formula is C11H15BrN2OS. The van der Waals surface area contributed by atoms with Crippen molar-refractivity contribution in [2.24, 2.45) is 0 Å². The predicted molar refractivity (Wildman–Crippen MR) is 71.6 cm³/mol. The van der Waals surface area contributed by atoms with E-state index in [1.807, 2.05) is 19.1 Å². The summed E-state index contributed by atoms with van der Waals surface area (Å²) in [5, 5.41) is 5.88. The highest BCUT2D eigenvalue weighted by atomic mass is 79.9. The number of carbonyl (C=O) groups is 1. The Balaban J connectivity index is 2.32. The molecule has 0 spiro atoms. The van der Waals surface area contributed by atoms with Gasteiger partial charge < -0.3 is 10.6 Å². The quantitative estimate of drug-likeness (QED) is 0.793. The van der Waals surface area contributed by atoms with Gasteiger partial charge >= 0.3 is 0 Å². The van der Waals surface area contributed by atoms with Gasteiger partial charge in [-0.15, -0.1) is 17.9 Å². The second-order valence-corrected chi connectivity index (χ2v) is 5.83. The highest BCUT2D eigenvalue weighted by Gasteiger charge is 2.08. The molecule has 0 aliphatic rings. The number of thiophene rings is 1. The second-order valence-electron chi connectivity index (χ2n) is 3.34. The van der Waals surface area contributed by atoms with Crippen LogP contribution in [0.1, 0.15) is 17.8 Å². The van der Waals surface area contributed by atoms with E-state index in [0.717, 1.165) is 3.79 Å². The highest BCUT2D eigenvalue weighted by Crippen LogP contribution is 2.26. The molecule has 1 aromatic heterocycles. The van der Waals surface area contributed by atoms with Crippen molar-refractivity contribution in [3.05, 3.63) is 33.5 Å². The van der Waals surface area contributed by atoms with Crippen molar-refractivity contribution < 1.29 is 4.79 Å². The summed E-state index contributed by atoms with van der Waals surface area (Å²) in [6, 6.07) is 4.25. The monoisotopic (exact) mass is 302 g/mol. The summed E-state index contributed by atoms with van der Waals surface area (Å²) in [5.41, 5.74) is 0. The van der Waals surface area contributed by atoms with E-state index in [9.17, 15) is 4.79 Å². The molecule has 0 saturated heterocycles. The molecule has 3 nitrogen and oxygen atoms in total. The lowest BCUT2D eigenvalue weighted by Crippen LogP contribution is -2.34. The number of carbonyl (C=O) groups excluding carboxylic acids is 1. The maximum absolute atomic E-state index is 11.3. The highest BCUT2D eigenvalue weighted by molar-refractivity contribution is 9.11. The van der Waals surface area contributed by atoms with Crippen LogP contribution in [-0.2, 0) is 4.79 Å². The third-order valence-electron chi connectivity index (χ3n) is 2.03. The molecular weight excluding hydrogens is 288 g/mol. The molecule has 1 rings (SSSR count). The van der Waals surface area contributed by atoms with E-state index in [1.165, 1.54) is 4.88 Å². The van der Waals surface area contributed by atoms with Gasteiger partial charge in [0.25, 0.3) is 0 Å². The minimum absolute atomic E-state index is 0.0117. The minimum atomic E-state index is -0.0117. The Morgan fingerprint density at radius 2 is 2.44 bits per heavy atom. The lowest BCUT2D eigenvalue weighted by Gasteiger charge is -2.11. The lowest BCUT2D eigenvalue weighted by molar-refractivity contribution is -0.120. The van der Waals surface area contributed by atoms with Crippen molar-refractivity contribution in [1.82, 2.24) is 10.6 Å². The summed E-state index contributed by atoms with van der Waals surface area (Å²) in [5.74, 6) is -0.0117. The molecule has 0 aliphatic carbocycles. The third kappa shape index (κ3) is 4.47. The molecule has 0 aliphatic heterocycles. The minimum Gasteiger partial charge on any atom is -0.352 e. The van der Waals surface area contributed by atoms with Gasteiger partial charge in [0.1, 0.15) is 0 Å². The van der Waals surface area contributed by atoms with Crippen LogP contribution in [0.25, 0.3) is 0 Å². The SMILES string of the molecule is C=CCNC(=O)CNC(C)c1ccc(Br)s1. The third-order valence-corrected chi connectivity index (χ3v) is 3.84. The van der Waals surface area contributed by atoms with E-state index in [4.69, 9.17) is 0 Å². The summed E-state index contributed by atoms with van der Waals surface area (Å²) in [4.78, 5) is 12.5. The topological polar surface area (TPSA) is 41.1 Å². The molecule has 1 atom stereocenters. The number of hydrogen-bond acceptors (Lipinski definition) is 3. The first kappa shape index (κ1) is 13.4. The number of hydrogen-bond donors (Lipinski definition) is 2. The molecule has 0 radical (unpaired) electrons. The zero-order valence-electron chi connectivity index (χ0n) is 9.13. The molecule has 0 saturated carbocycles. The average Bonchev–Trinajstić information content (AvgIpc) is 2.69. The van der Waals surface area contributed by atoms with Crippen molar-refractivity contribution in [2.45, 2.75) is 13.0 Å². The number of nitrogens with one attached hydrogen (secondary N) is 2. The predicted octanol–water partition coefficient (Wildman–Crippen LogP) is 2.46. The van der Waals surface area contributed by atoms with Crippen LogP contribution in [0.2, 0.25) is 0 Å². The van der Waals surface area contributed by atoms with Crippen LogP contribution in [-0.4, -0.2) is 19.0 Å². The smallest absolute Gasteiger partial charge is 0.234 e. The van der Waals surface area contributed by atoms with E-state index < -0.39 is 0 Å². The van der Waals surface area contributed by atoms with Crippen LogP contribution in [0.15, 0.2) is 28.6 Å². The molecule has 0 bridgehead atoms. The lowest BCUT2D eigenvalue weighted by atomic mass is 10.3. The molecule has 1 unspecified atom stereocenters. The van der Waals surface area contributed by atoms with Gasteiger partial charge in [-0.25, -0.2) is 0 Å². The maximum Gasteiger partial charge on any atom is 0.234 e. The van der Waals surface area contributed by atoms with Crippen LogP contribution in [0, 0.1) is 0 Å². The zero-order valence-corrected chi connectivity index (χ0v) is 11.5. The molecule has 1 aromatic rings. The van der Waals surface area contributed by atoms with Gasteiger partial charge in [-0.05, 0) is 35.0 Å². The molecule has 1 amide bonds. The molecule has 88 valence electrons. The maximum atomic E-state index is 11.3. The molecule has 16 heavy (non-hydrogen) atoms. The summed E-state index contributed by atoms with van der Waals surface area (Å²) in [6.07, 6.45) is 1.66. The normalized spacial score (nSPS) is 12.1. The van der Waals surface area contributed by atoms with Crippen LogP contribution in [0.4, 0.5) is 0 Å². The van der Waals surface area contributed by atoms with Crippen LogP contribution in [0.3, 0.4) is 0 Å². The molecule has 1 heterocycles. The van der Waals surface area contributed by atoms with E-state index >= 15 is 0 Å². The number of halogens is 1. The van der Waals surface area contributed by atoms with Gasteiger partial charge in [0, 0.05) is 17.5 Å². The Bertz CT molecular complexity index is 365. The Morgan fingerprint density at radius 1 is 1.69 bits per heavy atom.